The largest absolute Gasteiger partial charge is 0.296 e. The van der Waals surface area contributed by atoms with Gasteiger partial charge in [0.25, 0.3) is 10.1 Å². The topological polar surface area (TPSA) is 43.4 Å². The van der Waals surface area contributed by atoms with Gasteiger partial charge in [-0.15, -0.1) is 11.6 Å². The maximum Gasteiger partial charge on any atom is 0.296 e. The SMILES string of the molecule is O=S(=O)(OCCCCCl)c1ccc(Cl)cc1. The molecule has 1 rings (SSSR count). The number of hydrogen-bond donors (Lipinski definition) is 0. The van der Waals surface area contributed by atoms with Crippen LogP contribution < -0.4 is 0 Å². The Labute approximate surface area is 105 Å². The summed E-state index contributed by atoms with van der Waals surface area (Å²) in [4.78, 5) is 0.114. The van der Waals surface area contributed by atoms with Gasteiger partial charge in [0.1, 0.15) is 0 Å². The predicted molar refractivity (Wildman–Crippen MR) is 64.5 cm³/mol. The Bertz CT molecular complexity index is 414. The van der Waals surface area contributed by atoms with Gasteiger partial charge >= 0.3 is 0 Å². The maximum atomic E-state index is 11.6. The van der Waals surface area contributed by atoms with Crippen molar-refractivity contribution in [3.63, 3.8) is 0 Å². The lowest BCUT2D eigenvalue weighted by Crippen LogP contribution is -2.07. The van der Waals surface area contributed by atoms with Crippen molar-refractivity contribution in [3.8, 4) is 0 Å². The van der Waals surface area contributed by atoms with E-state index in [4.69, 9.17) is 27.4 Å². The lowest BCUT2D eigenvalue weighted by Gasteiger charge is -2.04. The lowest BCUT2D eigenvalue weighted by molar-refractivity contribution is 0.311. The maximum absolute atomic E-state index is 11.6. The second-order valence-electron chi connectivity index (χ2n) is 3.13. The summed E-state index contributed by atoms with van der Waals surface area (Å²) >= 11 is 11.1. The van der Waals surface area contributed by atoms with E-state index < -0.39 is 10.1 Å². The van der Waals surface area contributed by atoms with E-state index in [1.54, 1.807) is 0 Å². The first kappa shape index (κ1) is 13.8. The Balaban J connectivity index is 2.60. The van der Waals surface area contributed by atoms with E-state index >= 15 is 0 Å². The third-order valence-electron chi connectivity index (χ3n) is 1.87. The smallest absolute Gasteiger partial charge is 0.266 e. The van der Waals surface area contributed by atoms with Crippen molar-refractivity contribution in [3.05, 3.63) is 29.3 Å². The normalized spacial score (nSPS) is 11.6. The fraction of sp³-hybridized carbons (Fsp3) is 0.400. The van der Waals surface area contributed by atoms with Crippen molar-refractivity contribution < 1.29 is 12.6 Å². The molecule has 0 amide bonds. The highest BCUT2D eigenvalue weighted by molar-refractivity contribution is 7.86. The Morgan fingerprint density at radius 2 is 1.75 bits per heavy atom. The highest BCUT2D eigenvalue weighted by Gasteiger charge is 2.14. The highest BCUT2D eigenvalue weighted by atomic mass is 35.5. The molecule has 6 heteroatoms. The van der Waals surface area contributed by atoms with Crippen LogP contribution in [0.5, 0.6) is 0 Å². The van der Waals surface area contributed by atoms with Crippen molar-refractivity contribution in [2.45, 2.75) is 17.7 Å². The Kier molecular flexibility index (Phi) is 5.55. The highest BCUT2D eigenvalue weighted by Crippen LogP contribution is 2.16. The monoisotopic (exact) mass is 282 g/mol. The fourth-order valence-electron chi connectivity index (χ4n) is 1.03. The van der Waals surface area contributed by atoms with Crippen molar-refractivity contribution in [2.75, 3.05) is 12.5 Å². The molecule has 0 aromatic heterocycles. The van der Waals surface area contributed by atoms with Gasteiger partial charge in [-0.2, -0.15) is 8.42 Å². The van der Waals surface area contributed by atoms with Crippen LogP contribution in [-0.4, -0.2) is 20.9 Å². The van der Waals surface area contributed by atoms with Crippen LogP contribution in [0.3, 0.4) is 0 Å². The molecular formula is C10H12Cl2O3S. The van der Waals surface area contributed by atoms with Crippen molar-refractivity contribution in [1.29, 1.82) is 0 Å². The molecule has 1 aromatic rings. The van der Waals surface area contributed by atoms with Crippen molar-refractivity contribution in [1.82, 2.24) is 0 Å². The van der Waals surface area contributed by atoms with E-state index in [1.807, 2.05) is 0 Å². The summed E-state index contributed by atoms with van der Waals surface area (Å²) in [5.41, 5.74) is 0. The zero-order valence-corrected chi connectivity index (χ0v) is 10.9. The molecule has 0 aliphatic carbocycles. The number of alkyl halides is 1. The summed E-state index contributed by atoms with van der Waals surface area (Å²) in [6.07, 6.45) is 1.36. The number of rotatable bonds is 6. The van der Waals surface area contributed by atoms with Crippen LogP contribution in [0.4, 0.5) is 0 Å². The molecule has 3 nitrogen and oxygen atoms in total. The number of halogens is 2. The van der Waals surface area contributed by atoms with Gasteiger partial charge in [0.05, 0.1) is 11.5 Å². The molecule has 0 N–H and O–H groups in total. The molecule has 0 saturated heterocycles. The second kappa shape index (κ2) is 6.45. The number of benzene rings is 1. The standard InChI is InChI=1S/C10H12Cl2O3S/c11-7-1-2-8-15-16(13,14)10-5-3-9(12)4-6-10/h3-6H,1-2,7-8H2. The third-order valence-corrected chi connectivity index (χ3v) is 3.71. The Morgan fingerprint density at radius 3 is 2.31 bits per heavy atom. The van der Waals surface area contributed by atoms with Crippen LogP contribution in [0.15, 0.2) is 29.2 Å². The zero-order valence-electron chi connectivity index (χ0n) is 8.53. The molecule has 0 bridgehead atoms. The molecular weight excluding hydrogens is 271 g/mol. The van der Waals surface area contributed by atoms with E-state index in [9.17, 15) is 8.42 Å². The molecule has 0 fully saturated rings. The molecule has 0 spiro atoms. The molecule has 1 aromatic carbocycles. The van der Waals surface area contributed by atoms with Gasteiger partial charge in [-0.1, -0.05) is 11.6 Å². The van der Waals surface area contributed by atoms with Crippen LogP contribution in [0, 0.1) is 0 Å². The van der Waals surface area contributed by atoms with Crippen LogP contribution in [0.25, 0.3) is 0 Å². The second-order valence-corrected chi connectivity index (χ2v) is 5.56. The minimum atomic E-state index is -3.66. The fourth-order valence-corrected chi connectivity index (χ4v) is 2.29. The molecule has 0 radical (unpaired) electrons. The Morgan fingerprint density at radius 1 is 1.12 bits per heavy atom. The van der Waals surface area contributed by atoms with Gasteiger partial charge in [-0.3, -0.25) is 4.18 Å². The van der Waals surface area contributed by atoms with Crippen LogP contribution in [0.1, 0.15) is 12.8 Å². The van der Waals surface area contributed by atoms with E-state index in [0.29, 0.717) is 17.3 Å². The summed E-state index contributed by atoms with van der Waals surface area (Å²) < 4.78 is 28.0. The quantitative estimate of drug-likeness (QED) is 0.458. The summed E-state index contributed by atoms with van der Waals surface area (Å²) in [5.74, 6) is 0.504. The minimum absolute atomic E-state index is 0.114. The Hall–Kier alpha value is -0.290. The van der Waals surface area contributed by atoms with Crippen molar-refractivity contribution in [2.24, 2.45) is 0 Å². The summed E-state index contributed by atoms with van der Waals surface area (Å²) in [7, 11) is -3.66. The molecule has 0 aliphatic rings. The predicted octanol–water partition coefficient (Wildman–Crippen LogP) is 3.06. The van der Waals surface area contributed by atoms with E-state index in [2.05, 4.69) is 0 Å². The van der Waals surface area contributed by atoms with Crippen LogP contribution in [-0.2, 0) is 14.3 Å². The van der Waals surface area contributed by atoms with Gasteiger partial charge in [-0.25, -0.2) is 0 Å². The van der Waals surface area contributed by atoms with E-state index in [-0.39, 0.29) is 11.5 Å². The van der Waals surface area contributed by atoms with Crippen LogP contribution in [0.2, 0.25) is 5.02 Å². The molecule has 90 valence electrons. The van der Waals surface area contributed by atoms with E-state index in [0.717, 1.165) is 6.42 Å². The number of unbranched alkanes of at least 4 members (excludes halogenated alkanes) is 1. The number of hydrogen-bond acceptors (Lipinski definition) is 3. The van der Waals surface area contributed by atoms with Gasteiger partial charge in [-0.05, 0) is 37.1 Å². The average Bonchev–Trinajstić information content (AvgIpc) is 2.25. The molecule has 16 heavy (non-hydrogen) atoms. The molecule has 0 saturated carbocycles. The molecule has 0 aliphatic heterocycles. The van der Waals surface area contributed by atoms with Gasteiger partial charge in [0.2, 0.25) is 0 Å². The summed E-state index contributed by atoms with van der Waals surface area (Å²) in [6, 6.07) is 5.85. The molecule has 0 atom stereocenters. The molecule has 0 unspecified atom stereocenters. The lowest BCUT2D eigenvalue weighted by atomic mass is 10.4. The van der Waals surface area contributed by atoms with Crippen LogP contribution >= 0.6 is 23.2 Å². The van der Waals surface area contributed by atoms with Gasteiger partial charge in [0, 0.05) is 10.9 Å². The molecule has 0 heterocycles. The minimum Gasteiger partial charge on any atom is -0.266 e. The van der Waals surface area contributed by atoms with Gasteiger partial charge < -0.3 is 0 Å². The van der Waals surface area contributed by atoms with E-state index in [1.165, 1.54) is 24.3 Å². The summed E-state index contributed by atoms with van der Waals surface area (Å²) in [6.45, 7) is 0.150. The first-order valence-corrected chi connectivity index (χ1v) is 7.09. The summed E-state index contributed by atoms with van der Waals surface area (Å²) in [5, 5.41) is 0.487. The third kappa shape index (κ3) is 4.29. The van der Waals surface area contributed by atoms with Crippen molar-refractivity contribution >= 4 is 33.3 Å². The van der Waals surface area contributed by atoms with Gasteiger partial charge in [0.15, 0.2) is 0 Å². The average molecular weight is 283 g/mol. The first-order chi connectivity index (χ1) is 7.56. The zero-order chi connectivity index (χ0) is 12.0. The first-order valence-electron chi connectivity index (χ1n) is 4.77.